The number of hydrogen-bond acceptors (Lipinski definition) is 9. The number of thiazole rings is 1. The van der Waals surface area contributed by atoms with Crippen LogP contribution in [0.15, 0.2) is 126 Å². The van der Waals surface area contributed by atoms with Gasteiger partial charge in [-0.1, -0.05) is 96.2 Å². The molecule has 9 nitrogen and oxygen atoms in total. The van der Waals surface area contributed by atoms with E-state index < -0.39 is 16.4 Å². The molecule has 0 atom stereocenters. The Morgan fingerprint density at radius 2 is 1.39 bits per heavy atom. The van der Waals surface area contributed by atoms with Gasteiger partial charge in [0.2, 0.25) is 5.71 Å². The van der Waals surface area contributed by atoms with Crippen molar-refractivity contribution in [3.63, 3.8) is 0 Å². The number of nitrogens with zero attached hydrogens (tertiary/aromatic N) is 3. The first-order valence-corrected chi connectivity index (χ1v) is 13.4. The van der Waals surface area contributed by atoms with Crippen molar-refractivity contribution in [3.05, 3.63) is 159 Å². The molecule has 10 heteroatoms. The van der Waals surface area contributed by atoms with E-state index in [4.69, 9.17) is 4.74 Å². The lowest BCUT2D eigenvalue weighted by Gasteiger charge is -2.36. The molecule has 1 aromatic heterocycles. The van der Waals surface area contributed by atoms with E-state index in [9.17, 15) is 20.1 Å². The molecule has 0 saturated carbocycles. The van der Waals surface area contributed by atoms with Gasteiger partial charge in [0, 0.05) is 17.5 Å². The highest BCUT2D eigenvalue weighted by atomic mass is 32.1. The average Bonchev–Trinajstić information content (AvgIpc) is 3.48. The van der Waals surface area contributed by atoms with Crippen LogP contribution in [-0.4, -0.2) is 26.8 Å². The Bertz CT molecular complexity index is 1560. The second-order valence-corrected chi connectivity index (χ2v) is 9.82. The first kappa shape index (κ1) is 27.2. The molecule has 0 aliphatic rings. The number of carbonyl (C=O) groups excluding carboxylic acids is 1. The van der Waals surface area contributed by atoms with Crippen molar-refractivity contribution in [3.8, 4) is 0 Å². The van der Waals surface area contributed by atoms with E-state index in [1.54, 1.807) is 5.38 Å². The molecule has 2 N–H and O–H groups in total. The number of oxime groups is 1. The van der Waals surface area contributed by atoms with Crippen molar-refractivity contribution in [1.29, 1.82) is 0 Å². The van der Waals surface area contributed by atoms with E-state index in [0.29, 0.717) is 10.7 Å². The molecule has 0 spiro atoms. The van der Waals surface area contributed by atoms with Crippen molar-refractivity contribution in [1.82, 2.24) is 4.98 Å². The zero-order chi connectivity index (χ0) is 28.7. The summed E-state index contributed by atoms with van der Waals surface area (Å²) in [5.41, 5.74) is 2.36. The smallest absolute Gasteiger partial charge is 0.363 e. The van der Waals surface area contributed by atoms with Crippen molar-refractivity contribution < 1.29 is 19.7 Å². The first-order chi connectivity index (χ1) is 20.0. The Balaban J connectivity index is 1.44. The molecule has 204 valence electrons. The highest BCUT2D eigenvalue weighted by Crippen LogP contribution is 2.40. The monoisotopic (exact) mass is 564 g/mol. The van der Waals surface area contributed by atoms with Crippen LogP contribution in [0, 0.1) is 10.1 Å². The Morgan fingerprint density at radius 3 is 1.85 bits per heavy atom. The number of nitro groups is 1. The van der Waals surface area contributed by atoms with Crippen LogP contribution in [0.2, 0.25) is 0 Å². The molecule has 0 aliphatic carbocycles. The van der Waals surface area contributed by atoms with E-state index >= 15 is 0 Å². The highest BCUT2D eigenvalue weighted by Gasteiger charge is 2.37. The predicted molar refractivity (Wildman–Crippen MR) is 156 cm³/mol. The van der Waals surface area contributed by atoms with Gasteiger partial charge in [0.25, 0.3) is 5.69 Å². The van der Waals surface area contributed by atoms with Crippen LogP contribution in [-0.2, 0) is 21.7 Å². The standard InChI is InChI=1S/C31H24N4O5S/c36-29(40-20-22-16-18-26(19-17-22)35(38)39)28(34-37)27-21-41-30(32-27)33-31(23-10-4-1-5-11-23,24-12-6-2-7-13-24)25-14-8-3-9-15-25/h1-19,21,37H,20H2,(H,32,33)/b34-28-. The van der Waals surface area contributed by atoms with Gasteiger partial charge in [-0.2, -0.15) is 0 Å². The lowest BCUT2D eigenvalue weighted by molar-refractivity contribution is -0.384. The van der Waals surface area contributed by atoms with E-state index in [1.807, 2.05) is 91.0 Å². The molecule has 41 heavy (non-hydrogen) atoms. The van der Waals surface area contributed by atoms with E-state index in [1.165, 1.54) is 35.6 Å². The number of hydrogen-bond donors (Lipinski definition) is 2. The van der Waals surface area contributed by atoms with Crippen LogP contribution >= 0.6 is 11.3 Å². The van der Waals surface area contributed by atoms with Gasteiger partial charge in [-0.3, -0.25) is 10.1 Å². The van der Waals surface area contributed by atoms with Gasteiger partial charge in [-0.05, 0) is 34.4 Å². The lowest BCUT2D eigenvalue weighted by Crippen LogP contribution is -2.38. The minimum atomic E-state index is -0.886. The second-order valence-electron chi connectivity index (χ2n) is 8.96. The lowest BCUT2D eigenvalue weighted by atomic mass is 9.77. The quantitative estimate of drug-likeness (QED) is 0.0503. The summed E-state index contributed by atoms with van der Waals surface area (Å²) in [5, 5.41) is 29.4. The minimum Gasteiger partial charge on any atom is -0.456 e. The second kappa shape index (κ2) is 12.2. The number of esters is 1. The fraction of sp³-hybridized carbons (Fsp3) is 0.0645. The zero-order valence-electron chi connectivity index (χ0n) is 21.6. The average molecular weight is 565 g/mol. The van der Waals surface area contributed by atoms with Crippen LogP contribution in [0.1, 0.15) is 27.9 Å². The fourth-order valence-electron chi connectivity index (χ4n) is 4.51. The maximum absolute atomic E-state index is 12.8. The predicted octanol–water partition coefficient (Wildman–Crippen LogP) is 6.38. The normalized spacial score (nSPS) is 11.6. The summed E-state index contributed by atoms with van der Waals surface area (Å²) >= 11 is 1.25. The molecular formula is C31H24N4O5S. The van der Waals surface area contributed by atoms with Crippen LogP contribution in [0.5, 0.6) is 0 Å². The fourth-order valence-corrected chi connectivity index (χ4v) is 5.26. The van der Waals surface area contributed by atoms with Gasteiger partial charge < -0.3 is 15.3 Å². The maximum Gasteiger partial charge on any atom is 0.363 e. The third-order valence-corrected chi connectivity index (χ3v) is 7.23. The Hall–Kier alpha value is -5.35. The van der Waals surface area contributed by atoms with Crippen LogP contribution in [0.25, 0.3) is 0 Å². The van der Waals surface area contributed by atoms with Gasteiger partial charge in [0.1, 0.15) is 17.8 Å². The zero-order valence-corrected chi connectivity index (χ0v) is 22.4. The topological polar surface area (TPSA) is 127 Å². The van der Waals surface area contributed by atoms with E-state index in [-0.39, 0.29) is 23.7 Å². The maximum atomic E-state index is 12.8. The van der Waals surface area contributed by atoms with Gasteiger partial charge in [-0.25, -0.2) is 9.78 Å². The van der Waals surface area contributed by atoms with E-state index in [2.05, 4.69) is 15.5 Å². The molecule has 5 rings (SSSR count). The highest BCUT2D eigenvalue weighted by molar-refractivity contribution is 7.14. The van der Waals surface area contributed by atoms with Crippen LogP contribution in [0.4, 0.5) is 10.8 Å². The van der Waals surface area contributed by atoms with Gasteiger partial charge in [-0.15, -0.1) is 11.3 Å². The third kappa shape index (κ3) is 5.82. The minimum absolute atomic E-state index is 0.0715. The number of nitrogens with one attached hydrogen (secondary N) is 1. The number of nitro benzene ring substituents is 1. The molecule has 0 saturated heterocycles. The summed E-state index contributed by atoms with van der Waals surface area (Å²) in [6.45, 7) is -0.162. The number of carbonyl (C=O) groups is 1. The number of non-ortho nitro benzene ring substituents is 1. The van der Waals surface area contributed by atoms with Gasteiger partial charge in [0.05, 0.1) is 4.92 Å². The number of ether oxygens (including phenoxy) is 1. The van der Waals surface area contributed by atoms with Crippen LogP contribution in [0.3, 0.4) is 0 Å². The first-order valence-electron chi connectivity index (χ1n) is 12.5. The van der Waals surface area contributed by atoms with Gasteiger partial charge >= 0.3 is 5.97 Å². The summed E-state index contributed by atoms with van der Waals surface area (Å²) in [4.78, 5) is 27.7. The molecule has 1 heterocycles. The number of anilines is 1. The molecule has 0 amide bonds. The van der Waals surface area contributed by atoms with Crippen LogP contribution < -0.4 is 5.32 Å². The van der Waals surface area contributed by atoms with Crippen molar-refractivity contribution in [2.75, 3.05) is 5.32 Å². The number of benzene rings is 4. The molecule has 0 aliphatic heterocycles. The summed E-state index contributed by atoms with van der Waals surface area (Å²) in [5.74, 6) is -0.886. The molecule has 0 unspecified atom stereocenters. The number of aromatic nitrogens is 1. The SMILES string of the molecule is O=C(OCc1ccc([N+](=O)[O-])cc1)/C(=N\O)c1csc(NC(c2ccccc2)(c2ccccc2)c2ccccc2)n1. The summed E-state index contributed by atoms with van der Waals surface area (Å²) in [6, 6.07) is 35.6. The summed E-state index contributed by atoms with van der Waals surface area (Å²) < 4.78 is 5.30. The van der Waals surface area contributed by atoms with Gasteiger partial charge in [0.15, 0.2) is 5.13 Å². The largest absolute Gasteiger partial charge is 0.456 e. The Labute approximate surface area is 239 Å². The van der Waals surface area contributed by atoms with Crippen molar-refractivity contribution >= 4 is 33.8 Å². The Morgan fingerprint density at radius 1 is 0.878 bits per heavy atom. The third-order valence-electron chi connectivity index (χ3n) is 6.47. The number of rotatable bonds is 10. The van der Waals surface area contributed by atoms with Crippen molar-refractivity contribution in [2.45, 2.75) is 12.1 Å². The summed E-state index contributed by atoms with van der Waals surface area (Å²) in [6.07, 6.45) is 0. The molecule has 0 fully saturated rings. The molecule has 5 aromatic rings. The Kier molecular flexibility index (Phi) is 8.12. The van der Waals surface area contributed by atoms with Crippen molar-refractivity contribution in [2.24, 2.45) is 5.16 Å². The molecule has 0 radical (unpaired) electrons. The molecule has 4 aromatic carbocycles. The summed E-state index contributed by atoms with van der Waals surface area (Å²) in [7, 11) is 0. The van der Waals surface area contributed by atoms with E-state index in [0.717, 1.165) is 16.7 Å². The molecular weight excluding hydrogens is 540 g/mol. The molecule has 0 bridgehead atoms.